The summed E-state index contributed by atoms with van der Waals surface area (Å²) in [5.41, 5.74) is 8.91. The first kappa shape index (κ1) is 21.0. The number of hydrogen-bond acceptors (Lipinski definition) is 4. The zero-order chi connectivity index (χ0) is 20.0. The molecule has 2 N–H and O–H groups in total. The van der Waals surface area contributed by atoms with Gasteiger partial charge in [-0.05, 0) is 38.8 Å². The lowest BCUT2D eigenvalue weighted by atomic mass is 10.1. The SMILES string of the molecule is Cc1ccc(SCC(=O)NNC(=O)Cc2c(C)nn(CC(C)C)c2C)cc1. The number of nitrogens with one attached hydrogen (secondary N) is 2. The van der Waals surface area contributed by atoms with Crippen LogP contribution in [0.1, 0.15) is 36.4 Å². The zero-order valence-corrected chi connectivity index (χ0v) is 17.4. The Labute approximate surface area is 165 Å². The molecule has 0 fully saturated rings. The van der Waals surface area contributed by atoms with Crippen molar-refractivity contribution in [3.05, 3.63) is 46.8 Å². The molecule has 0 bridgehead atoms. The van der Waals surface area contributed by atoms with E-state index in [1.54, 1.807) is 0 Å². The number of benzene rings is 1. The fourth-order valence-electron chi connectivity index (χ4n) is 2.68. The summed E-state index contributed by atoms with van der Waals surface area (Å²) in [6.45, 7) is 11.0. The van der Waals surface area contributed by atoms with Crippen molar-refractivity contribution in [1.29, 1.82) is 0 Å². The number of aromatic nitrogens is 2. The summed E-state index contributed by atoms with van der Waals surface area (Å²) in [7, 11) is 0. The van der Waals surface area contributed by atoms with Crippen LogP contribution in [0.2, 0.25) is 0 Å². The third-order valence-corrected chi connectivity index (χ3v) is 5.15. The minimum Gasteiger partial charge on any atom is -0.273 e. The molecule has 1 heterocycles. The van der Waals surface area contributed by atoms with Gasteiger partial charge in [0.05, 0.1) is 17.9 Å². The Balaban J connectivity index is 1.81. The predicted octanol–water partition coefficient (Wildman–Crippen LogP) is 2.95. The van der Waals surface area contributed by atoms with E-state index < -0.39 is 0 Å². The van der Waals surface area contributed by atoms with Crippen molar-refractivity contribution >= 4 is 23.6 Å². The Morgan fingerprint density at radius 1 is 1.07 bits per heavy atom. The lowest BCUT2D eigenvalue weighted by molar-refractivity contribution is -0.127. The number of aryl methyl sites for hydroxylation is 2. The molecular weight excluding hydrogens is 360 g/mol. The van der Waals surface area contributed by atoms with E-state index in [2.05, 4.69) is 29.8 Å². The highest BCUT2D eigenvalue weighted by atomic mass is 32.2. The quantitative estimate of drug-likeness (QED) is 0.565. The Morgan fingerprint density at radius 3 is 2.33 bits per heavy atom. The summed E-state index contributed by atoms with van der Waals surface area (Å²) >= 11 is 1.43. The molecule has 0 saturated heterocycles. The summed E-state index contributed by atoms with van der Waals surface area (Å²) in [6.07, 6.45) is 0.196. The molecule has 0 saturated carbocycles. The predicted molar refractivity (Wildman–Crippen MR) is 108 cm³/mol. The molecule has 2 amide bonds. The number of nitrogens with zero attached hydrogens (tertiary/aromatic N) is 2. The topological polar surface area (TPSA) is 76.0 Å². The van der Waals surface area contributed by atoms with Crippen LogP contribution in [0, 0.1) is 26.7 Å². The Bertz CT molecular complexity index is 797. The van der Waals surface area contributed by atoms with Gasteiger partial charge < -0.3 is 0 Å². The van der Waals surface area contributed by atoms with Gasteiger partial charge in [0.1, 0.15) is 0 Å². The molecule has 0 spiro atoms. The van der Waals surface area contributed by atoms with Crippen LogP contribution < -0.4 is 10.9 Å². The lowest BCUT2D eigenvalue weighted by Crippen LogP contribution is -2.43. The fraction of sp³-hybridized carbons (Fsp3) is 0.450. The maximum Gasteiger partial charge on any atom is 0.248 e. The van der Waals surface area contributed by atoms with Gasteiger partial charge in [0.2, 0.25) is 11.8 Å². The molecule has 7 heteroatoms. The Hall–Kier alpha value is -2.28. The van der Waals surface area contributed by atoms with Crippen LogP contribution in [-0.2, 0) is 22.6 Å². The van der Waals surface area contributed by atoms with Crippen LogP contribution >= 0.6 is 11.8 Å². The molecule has 0 unspecified atom stereocenters. The third-order valence-electron chi connectivity index (χ3n) is 4.14. The monoisotopic (exact) mass is 388 g/mol. The van der Waals surface area contributed by atoms with E-state index >= 15 is 0 Å². The molecule has 0 aliphatic rings. The summed E-state index contributed by atoms with van der Waals surface area (Å²) in [5.74, 6) is 0.236. The normalized spacial score (nSPS) is 10.9. The van der Waals surface area contributed by atoms with Gasteiger partial charge in [-0.1, -0.05) is 31.5 Å². The second kappa shape index (κ2) is 9.60. The molecule has 6 nitrogen and oxygen atoms in total. The number of carbonyl (C=O) groups excluding carboxylic acids is 2. The van der Waals surface area contributed by atoms with Crippen molar-refractivity contribution < 1.29 is 9.59 Å². The average Bonchev–Trinajstić information content (AvgIpc) is 2.86. The molecule has 0 radical (unpaired) electrons. The molecule has 0 aliphatic carbocycles. The van der Waals surface area contributed by atoms with E-state index in [1.165, 1.54) is 17.3 Å². The molecule has 0 aliphatic heterocycles. The molecule has 2 aromatic rings. The summed E-state index contributed by atoms with van der Waals surface area (Å²) < 4.78 is 1.94. The highest BCUT2D eigenvalue weighted by molar-refractivity contribution is 8.00. The molecule has 0 atom stereocenters. The van der Waals surface area contributed by atoms with E-state index in [-0.39, 0.29) is 24.0 Å². The van der Waals surface area contributed by atoms with Crippen molar-refractivity contribution in [3.8, 4) is 0 Å². The smallest absolute Gasteiger partial charge is 0.248 e. The highest BCUT2D eigenvalue weighted by Crippen LogP contribution is 2.18. The van der Waals surface area contributed by atoms with Crippen molar-refractivity contribution in [2.24, 2.45) is 5.92 Å². The van der Waals surface area contributed by atoms with Gasteiger partial charge in [0, 0.05) is 22.7 Å². The largest absolute Gasteiger partial charge is 0.273 e. The van der Waals surface area contributed by atoms with Gasteiger partial charge in [-0.3, -0.25) is 25.1 Å². The minimum atomic E-state index is -0.251. The summed E-state index contributed by atoms with van der Waals surface area (Å²) in [5, 5.41) is 4.51. The van der Waals surface area contributed by atoms with E-state index in [1.807, 2.05) is 49.7 Å². The van der Waals surface area contributed by atoms with Crippen LogP contribution in [0.4, 0.5) is 0 Å². The molecule has 27 heavy (non-hydrogen) atoms. The van der Waals surface area contributed by atoms with Crippen molar-refractivity contribution in [1.82, 2.24) is 20.6 Å². The fourth-order valence-corrected chi connectivity index (χ4v) is 3.38. The molecule has 1 aromatic heterocycles. The molecular formula is C20H28N4O2S. The number of hydrogen-bond donors (Lipinski definition) is 2. The standard InChI is InChI=1S/C20H28N4O2S/c1-13(2)11-24-16(5)18(15(4)23-24)10-19(25)21-22-20(26)12-27-17-8-6-14(3)7-9-17/h6-9,13H,10-12H2,1-5H3,(H,21,25)(H,22,26). The number of rotatable bonds is 7. The van der Waals surface area contributed by atoms with Crippen LogP contribution in [0.25, 0.3) is 0 Å². The second-order valence-corrected chi connectivity index (χ2v) is 8.15. The molecule has 2 rings (SSSR count). The zero-order valence-electron chi connectivity index (χ0n) is 16.6. The number of thioether (sulfide) groups is 1. The Kier molecular flexibility index (Phi) is 7.47. The van der Waals surface area contributed by atoms with Crippen LogP contribution in [0.5, 0.6) is 0 Å². The van der Waals surface area contributed by atoms with Gasteiger partial charge in [-0.25, -0.2) is 0 Å². The van der Waals surface area contributed by atoms with Crippen LogP contribution in [0.3, 0.4) is 0 Å². The minimum absolute atomic E-state index is 0.196. The summed E-state index contributed by atoms with van der Waals surface area (Å²) in [6, 6.07) is 7.97. The molecule has 1 aromatic carbocycles. The van der Waals surface area contributed by atoms with Gasteiger partial charge in [0.15, 0.2) is 0 Å². The first-order chi connectivity index (χ1) is 12.8. The average molecular weight is 389 g/mol. The second-order valence-electron chi connectivity index (χ2n) is 7.10. The molecule has 146 valence electrons. The van der Waals surface area contributed by atoms with E-state index in [9.17, 15) is 9.59 Å². The highest BCUT2D eigenvalue weighted by Gasteiger charge is 2.16. The third kappa shape index (κ3) is 6.43. The van der Waals surface area contributed by atoms with Crippen molar-refractivity contribution in [3.63, 3.8) is 0 Å². The van der Waals surface area contributed by atoms with Gasteiger partial charge in [-0.15, -0.1) is 11.8 Å². The van der Waals surface area contributed by atoms with Crippen LogP contribution in [-0.4, -0.2) is 27.3 Å². The van der Waals surface area contributed by atoms with E-state index in [0.29, 0.717) is 5.92 Å². The first-order valence-electron chi connectivity index (χ1n) is 9.06. The number of amides is 2. The first-order valence-corrected chi connectivity index (χ1v) is 10.0. The van der Waals surface area contributed by atoms with Crippen LogP contribution in [0.15, 0.2) is 29.2 Å². The van der Waals surface area contributed by atoms with Crippen molar-refractivity contribution in [2.45, 2.75) is 52.5 Å². The Morgan fingerprint density at radius 2 is 1.70 bits per heavy atom. The lowest BCUT2D eigenvalue weighted by Gasteiger charge is -2.09. The van der Waals surface area contributed by atoms with Gasteiger partial charge in [0.25, 0.3) is 0 Å². The maximum absolute atomic E-state index is 12.2. The number of hydrazine groups is 1. The van der Waals surface area contributed by atoms with Gasteiger partial charge >= 0.3 is 0 Å². The van der Waals surface area contributed by atoms with E-state index in [0.717, 1.165) is 28.4 Å². The van der Waals surface area contributed by atoms with Gasteiger partial charge in [-0.2, -0.15) is 5.10 Å². The van der Waals surface area contributed by atoms with E-state index in [4.69, 9.17) is 0 Å². The summed E-state index contributed by atoms with van der Waals surface area (Å²) in [4.78, 5) is 25.2. The van der Waals surface area contributed by atoms with Crippen molar-refractivity contribution in [2.75, 3.05) is 5.75 Å². The maximum atomic E-state index is 12.2. The number of carbonyl (C=O) groups is 2.